The maximum absolute atomic E-state index is 11.2. The van der Waals surface area contributed by atoms with Crippen molar-refractivity contribution in [2.45, 2.75) is 19.8 Å². The number of hydrogen-bond acceptors (Lipinski definition) is 2. The summed E-state index contributed by atoms with van der Waals surface area (Å²) in [5.74, 6) is -0.0828. The van der Waals surface area contributed by atoms with Crippen molar-refractivity contribution in [2.24, 2.45) is 5.73 Å². The zero-order chi connectivity index (χ0) is 11.0. The van der Waals surface area contributed by atoms with Crippen LogP contribution in [0.15, 0.2) is 18.5 Å². The van der Waals surface area contributed by atoms with E-state index >= 15 is 0 Å². The van der Waals surface area contributed by atoms with Gasteiger partial charge in [-0.15, -0.1) is 0 Å². The third-order valence-electron chi connectivity index (χ3n) is 2.49. The monoisotopic (exact) mass is 203 g/mol. The van der Waals surface area contributed by atoms with Gasteiger partial charge in [-0.2, -0.15) is 0 Å². The normalized spacial score (nSPS) is 11.1. The molecule has 0 aromatic carbocycles. The lowest BCUT2D eigenvalue weighted by Gasteiger charge is -2.07. The van der Waals surface area contributed by atoms with Gasteiger partial charge in [0.25, 0.3) is 5.91 Å². The second kappa shape index (κ2) is 3.38. The molecule has 15 heavy (non-hydrogen) atoms. The lowest BCUT2D eigenvalue weighted by atomic mass is 9.99. The van der Waals surface area contributed by atoms with Crippen LogP contribution in [-0.2, 0) is 0 Å². The first-order valence-corrected chi connectivity index (χ1v) is 4.87. The molecule has 0 atom stereocenters. The Balaban J connectivity index is 2.80. The van der Waals surface area contributed by atoms with E-state index < -0.39 is 5.91 Å². The minimum Gasteiger partial charge on any atom is -0.366 e. The quantitative estimate of drug-likeness (QED) is 0.781. The van der Waals surface area contributed by atoms with Gasteiger partial charge in [-0.05, 0) is 17.5 Å². The van der Waals surface area contributed by atoms with E-state index in [0.29, 0.717) is 11.5 Å². The molecule has 0 fully saturated rings. The fourth-order valence-electron chi connectivity index (χ4n) is 1.76. The third kappa shape index (κ3) is 1.48. The predicted molar refractivity (Wildman–Crippen MR) is 58.7 cm³/mol. The van der Waals surface area contributed by atoms with E-state index in [0.717, 1.165) is 16.6 Å². The molecule has 2 aromatic heterocycles. The number of H-pyrrole nitrogens is 1. The molecule has 0 radical (unpaired) electrons. The minimum absolute atomic E-state index is 0.337. The summed E-state index contributed by atoms with van der Waals surface area (Å²) in [6.07, 6.45) is 3.35. The van der Waals surface area contributed by atoms with E-state index in [9.17, 15) is 4.79 Å². The SMILES string of the molecule is CC(C)c1ccnc2[nH]cc(C(N)=O)c12. The number of primary amides is 1. The average molecular weight is 203 g/mol. The summed E-state index contributed by atoms with van der Waals surface area (Å²) in [7, 11) is 0. The molecule has 1 amide bonds. The molecular formula is C11H13N3O. The number of nitrogens with two attached hydrogens (primary N) is 1. The number of nitrogens with one attached hydrogen (secondary N) is 1. The highest BCUT2D eigenvalue weighted by atomic mass is 16.1. The smallest absolute Gasteiger partial charge is 0.250 e. The molecule has 0 bridgehead atoms. The molecule has 4 heteroatoms. The first-order chi connectivity index (χ1) is 7.11. The summed E-state index contributed by atoms with van der Waals surface area (Å²) >= 11 is 0. The number of amides is 1. The minimum atomic E-state index is -0.420. The molecule has 0 aliphatic rings. The Morgan fingerprint density at radius 1 is 1.53 bits per heavy atom. The van der Waals surface area contributed by atoms with E-state index in [2.05, 4.69) is 23.8 Å². The molecular weight excluding hydrogens is 190 g/mol. The Hall–Kier alpha value is -1.84. The number of carbonyl (C=O) groups is 1. The van der Waals surface area contributed by atoms with Gasteiger partial charge >= 0.3 is 0 Å². The van der Waals surface area contributed by atoms with Crippen molar-refractivity contribution in [1.29, 1.82) is 0 Å². The Morgan fingerprint density at radius 2 is 2.27 bits per heavy atom. The Kier molecular flexibility index (Phi) is 2.19. The van der Waals surface area contributed by atoms with Gasteiger partial charge in [0.2, 0.25) is 0 Å². The maximum Gasteiger partial charge on any atom is 0.250 e. The van der Waals surface area contributed by atoms with Crippen molar-refractivity contribution in [3.8, 4) is 0 Å². The third-order valence-corrected chi connectivity index (χ3v) is 2.49. The summed E-state index contributed by atoms with van der Waals surface area (Å²) < 4.78 is 0. The Labute approximate surface area is 87.5 Å². The Morgan fingerprint density at radius 3 is 2.87 bits per heavy atom. The number of carbonyl (C=O) groups excluding carboxylic acids is 1. The lowest BCUT2D eigenvalue weighted by Crippen LogP contribution is -2.10. The number of nitrogens with zero attached hydrogens (tertiary/aromatic N) is 1. The molecule has 0 saturated heterocycles. The summed E-state index contributed by atoms with van der Waals surface area (Å²) in [4.78, 5) is 18.3. The topological polar surface area (TPSA) is 71.8 Å². The number of aromatic amines is 1. The van der Waals surface area contributed by atoms with Gasteiger partial charge in [-0.1, -0.05) is 13.8 Å². The van der Waals surface area contributed by atoms with E-state index in [4.69, 9.17) is 5.73 Å². The number of fused-ring (bicyclic) bond motifs is 1. The highest BCUT2D eigenvalue weighted by Crippen LogP contribution is 2.26. The predicted octanol–water partition coefficient (Wildman–Crippen LogP) is 1.79. The largest absolute Gasteiger partial charge is 0.366 e. The molecule has 78 valence electrons. The number of rotatable bonds is 2. The summed E-state index contributed by atoms with van der Waals surface area (Å²) in [5, 5.41) is 0.847. The van der Waals surface area contributed by atoms with Crippen molar-refractivity contribution in [3.63, 3.8) is 0 Å². The molecule has 2 aromatic rings. The van der Waals surface area contributed by atoms with Crippen LogP contribution in [0.4, 0.5) is 0 Å². The molecule has 0 aliphatic heterocycles. The lowest BCUT2D eigenvalue weighted by molar-refractivity contribution is 0.100. The van der Waals surface area contributed by atoms with Crippen LogP contribution in [0.5, 0.6) is 0 Å². The highest BCUT2D eigenvalue weighted by molar-refractivity contribution is 6.06. The molecule has 2 heterocycles. The molecule has 3 N–H and O–H groups in total. The first kappa shape index (κ1) is 9.71. The zero-order valence-corrected chi connectivity index (χ0v) is 8.74. The van der Waals surface area contributed by atoms with Crippen LogP contribution in [0.2, 0.25) is 0 Å². The Bertz CT molecular complexity index is 514. The zero-order valence-electron chi connectivity index (χ0n) is 8.74. The van der Waals surface area contributed by atoms with Crippen LogP contribution >= 0.6 is 0 Å². The second-order valence-corrected chi connectivity index (χ2v) is 3.85. The van der Waals surface area contributed by atoms with Gasteiger partial charge in [-0.3, -0.25) is 4.79 Å². The van der Waals surface area contributed by atoms with Crippen LogP contribution in [0.1, 0.15) is 35.7 Å². The summed E-state index contributed by atoms with van der Waals surface area (Å²) in [5.41, 5.74) is 7.63. The maximum atomic E-state index is 11.2. The van der Waals surface area contributed by atoms with Crippen molar-refractivity contribution >= 4 is 16.9 Å². The fraction of sp³-hybridized carbons (Fsp3) is 0.273. The number of hydrogen-bond donors (Lipinski definition) is 2. The van der Waals surface area contributed by atoms with E-state index in [-0.39, 0.29) is 0 Å². The fourth-order valence-corrected chi connectivity index (χ4v) is 1.76. The summed E-state index contributed by atoms with van der Waals surface area (Å²) in [6.45, 7) is 4.15. The molecule has 0 aliphatic carbocycles. The highest BCUT2D eigenvalue weighted by Gasteiger charge is 2.14. The van der Waals surface area contributed by atoms with Gasteiger partial charge in [-0.25, -0.2) is 4.98 Å². The van der Waals surface area contributed by atoms with Crippen LogP contribution in [0, 0.1) is 0 Å². The standard InChI is InChI=1S/C11H13N3O/c1-6(2)7-3-4-13-11-9(7)8(5-14-11)10(12)15/h3-6H,1-2H3,(H2,12,15)(H,13,14). The van der Waals surface area contributed by atoms with Gasteiger partial charge in [0.15, 0.2) is 0 Å². The number of pyridine rings is 1. The van der Waals surface area contributed by atoms with E-state index in [1.807, 2.05) is 6.07 Å². The van der Waals surface area contributed by atoms with Gasteiger partial charge < -0.3 is 10.7 Å². The van der Waals surface area contributed by atoms with Gasteiger partial charge in [0.1, 0.15) is 5.65 Å². The molecule has 0 saturated carbocycles. The average Bonchev–Trinajstić information content (AvgIpc) is 2.60. The van der Waals surface area contributed by atoms with Crippen LogP contribution in [0.25, 0.3) is 11.0 Å². The van der Waals surface area contributed by atoms with Crippen molar-refractivity contribution in [2.75, 3.05) is 0 Å². The van der Waals surface area contributed by atoms with Crippen molar-refractivity contribution < 1.29 is 4.79 Å². The van der Waals surface area contributed by atoms with Gasteiger partial charge in [0, 0.05) is 17.8 Å². The molecule has 0 unspecified atom stereocenters. The molecule has 4 nitrogen and oxygen atoms in total. The van der Waals surface area contributed by atoms with Crippen LogP contribution in [-0.4, -0.2) is 15.9 Å². The summed E-state index contributed by atoms with van der Waals surface area (Å²) in [6, 6.07) is 1.92. The van der Waals surface area contributed by atoms with Crippen LogP contribution in [0.3, 0.4) is 0 Å². The molecule has 2 rings (SSSR count). The van der Waals surface area contributed by atoms with Gasteiger partial charge in [0.05, 0.1) is 5.56 Å². The van der Waals surface area contributed by atoms with Crippen LogP contribution < -0.4 is 5.73 Å². The van der Waals surface area contributed by atoms with Crippen molar-refractivity contribution in [1.82, 2.24) is 9.97 Å². The molecule has 0 spiro atoms. The van der Waals surface area contributed by atoms with E-state index in [1.54, 1.807) is 12.4 Å². The first-order valence-electron chi connectivity index (χ1n) is 4.87. The van der Waals surface area contributed by atoms with E-state index in [1.165, 1.54) is 0 Å². The van der Waals surface area contributed by atoms with Crippen molar-refractivity contribution in [3.05, 3.63) is 29.6 Å². The second-order valence-electron chi connectivity index (χ2n) is 3.85. The number of aromatic nitrogens is 2.